The van der Waals surface area contributed by atoms with Crippen LogP contribution in [-0.4, -0.2) is 5.78 Å². The molecule has 0 aromatic rings. The molecule has 1 nitrogen and oxygen atoms in total. The van der Waals surface area contributed by atoms with E-state index in [1.165, 1.54) is 0 Å². The maximum absolute atomic E-state index is 11.3. The van der Waals surface area contributed by atoms with Gasteiger partial charge in [0, 0.05) is 11.8 Å². The van der Waals surface area contributed by atoms with E-state index in [9.17, 15) is 4.79 Å². The average Bonchev–Trinajstić information content (AvgIpc) is 2.36. The maximum Gasteiger partial charge on any atom is 0.139 e. The number of carbonyl (C=O) groups excluding carboxylic acids is 1. The lowest BCUT2D eigenvalue weighted by Crippen LogP contribution is -2.16. The van der Waals surface area contributed by atoms with E-state index in [2.05, 4.69) is 12.2 Å². The van der Waals surface area contributed by atoms with Crippen molar-refractivity contribution in [2.24, 2.45) is 11.8 Å². The predicted octanol–water partition coefficient (Wildman–Crippen LogP) is 2.18. The van der Waals surface area contributed by atoms with Gasteiger partial charge in [0.25, 0.3) is 0 Å². The number of Topliss-reactive ketones (excluding diaryl/α,β-unsaturated/α-hetero) is 1. The molecule has 0 aliphatic heterocycles. The van der Waals surface area contributed by atoms with Crippen molar-refractivity contribution in [3.63, 3.8) is 0 Å². The second-order valence-electron chi connectivity index (χ2n) is 3.20. The lowest BCUT2D eigenvalue weighted by atomic mass is 9.94. The highest BCUT2D eigenvalue weighted by Crippen LogP contribution is 2.21. The number of carbonyl (C=O) groups is 1. The Morgan fingerprint density at radius 2 is 1.90 bits per heavy atom. The molecule has 10 heavy (non-hydrogen) atoms. The van der Waals surface area contributed by atoms with Crippen LogP contribution in [0.15, 0.2) is 12.2 Å². The van der Waals surface area contributed by atoms with Gasteiger partial charge in [0.1, 0.15) is 5.78 Å². The second kappa shape index (κ2) is 3.00. The molecule has 0 radical (unpaired) electrons. The first-order valence-electron chi connectivity index (χ1n) is 3.90. The highest BCUT2D eigenvalue weighted by atomic mass is 16.1. The molecule has 1 rings (SSSR count). The van der Waals surface area contributed by atoms with E-state index < -0.39 is 0 Å². The Morgan fingerprint density at radius 3 is 2.30 bits per heavy atom. The Kier molecular flexibility index (Phi) is 2.25. The molecule has 0 saturated carbocycles. The Hall–Kier alpha value is -0.590. The summed E-state index contributed by atoms with van der Waals surface area (Å²) in [4.78, 5) is 11.3. The molecule has 0 aromatic heterocycles. The van der Waals surface area contributed by atoms with Crippen molar-refractivity contribution in [2.75, 3.05) is 0 Å². The van der Waals surface area contributed by atoms with Gasteiger partial charge in [0.15, 0.2) is 0 Å². The summed E-state index contributed by atoms with van der Waals surface area (Å²) in [7, 11) is 0. The fraction of sp³-hybridized carbons (Fsp3) is 0.667. The van der Waals surface area contributed by atoms with Crippen molar-refractivity contribution in [1.82, 2.24) is 0 Å². The van der Waals surface area contributed by atoms with Gasteiger partial charge in [-0.15, -0.1) is 0 Å². The van der Waals surface area contributed by atoms with E-state index in [1.807, 2.05) is 13.8 Å². The number of hydrogen-bond donors (Lipinski definition) is 0. The van der Waals surface area contributed by atoms with Crippen LogP contribution < -0.4 is 0 Å². The standard InChI is InChI=1S/C9H14O/c1-7(2)9(10)8-5-3-4-6-8/h3-4,7-8H,5-6H2,1-2H3. The number of rotatable bonds is 2. The monoisotopic (exact) mass is 138 g/mol. The molecule has 0 aromatic carbocycles. The largest absolute Gasteiger partial charge is 0.299 e. The third-order valence-electron chi connectivity index (χ3n) is 1.98. The fourth-order valence-corrected chi connectivity index (χ4v) is 1.32. The lowest BCUT2D eigenvalue weighted by Gasteiger charge is -2.09. The smallest absolute Gasteiger partial charge is 0.139 e. The van der Waals surface area contributed by atoms with E-state index in [-0.39, 0.29) is 5.92 Å². The molecule has 0 saturated heterocycles. The van der Waals surface area contributed by atoms with Gasteiger partial charge >= 0.3 is 0 Å². The van der Waals surface area contributed by atoms with Crippen LogP contribution in [0.3, 0.4) is 0 Å². The molecule has 56 valence electrons. The zero-order chi connectivity index (χ0) is 7.56. The topological polar surface area (TPSA) is 17.1 Å². The van der Waals surface area contributed by atoms with Gasteiger partial charge in [0.2, 0.25) is 0 Å². The summed E-state index contributed by atoms with van der Waals surface area (Å²) in [6.45, 7) is 3.95. The van der Waals surface area contributed by atoms with Crippen molar-refractivity contribution in [3.8, 4) is 0 Å². The Labute approximate surface area is 62.1 Å². The number of ketones is 1. The van der Waals surface area contributed by atoms with Crippen molar-refractivity contribution < 1.29 is 4.79 Å². The summed E-state index contributed by atoms with van der Waals surface area (Å²) < 4.78 is 0. The summed E-state index contributed by atoms with van der Waals surface area (Å²) in [5, 5.41) is 0. The minimum Gasteiger partial charge on any atom is -0.299 e. The zero-order valence-electron chi connectivity index (χ0n) is 6.63. The van der Waals surface area contributed by atoms with E-state index >= 15 is 0 Å². The Balaban J connectivity index is 2.43. The minimum atomic E-state index is 0.213. The fourth-order valence-electron chi connectivity index (χ4n) is 1.32. The van der Waals surface area contributed by atoms with E-state index in [4.69, 9.17) is 0 Å². The van der Waals surface area contributed by atoms with Gasteiger partial charge in [0.05, 0.1) is 0 Å². The van der Waals surface area contributed by atoms with Gasteiger partial charge in [-0.05, 0) is 12.8 Å². The quantitative estimate of drug-likeness (QED) is 0.534. The number of hydrogen-bond acceptors (Lipinski definition) is 1. The van der Waals surface area contributed by atoms with Gasteiger partial charge in [-0.1, -0.05) is 26.0 Å². The van der Waals surface area contributed by atoms with Crippen molar-refractivity contribution in [3.05, 3.63) is 12.2 Å². The van der Waals surface area contributed by atoms with Crippen LogP contribution in [0.4, 0.5) is 0 Å². The summed E-state index contributed by atoms with van der Waals surface area (Å²) >= 11 is 0. The third-order valence-corrected chi connectivity index (χ3v) is 1.98. The zero-order valence-corrected chi connectivity index (χ0v) is 6.63. The normalized spacial score (nSPS) is 18.7. The van der Waals surface area contributed by atoms with Crippen molar-refractivity contribution in [1.29, 1.82) is 0 Å². The highest BCUT2D eigenvalue weighted by molar-refractivity contribution is 5.83. The first-order chi connectivity index (χ1) is 4.72. The first kappa shape index (κ1) is 7.52. The molecule has 1 heteroatoms. The lowest BCUT2D eigenvalue weighted by molar-refractivity contribution is -0.125. The van der Waals surface area contributed by atoms with Crippen molar-refractivity contribution >= 4 is 5.78 Å². The Morgan fingerprint density at radius 1 is 1.40 bits per heavy atom. The van der Waals surface area contributed by atoms with Crippen LogP contribution in [0.2, 0.25) is 0 Å². The van der Waals surface area contributed by atoms with Gasteiger partial charge in [-0.2, -0.15) is 0 Å². The minimum absolute atomic E-state index is 0.213. The van der Waals surface area contributed by atoms with Crippen LogP contribution in [0.1, 0.15) is 26.7 Å². The molecular weight excluding hydrogens is 124 g/mol. The maximum atomic E-state index is 11.3. The van der Waals surface area contributed by atoms with Crippen LogP contribution in [0.25, 0.3) is 0 Å². The molecule has 1 aliphatic carbocycles. The highest BCUT2D eigenvalue weighted by Gasteiger charge is 2.20. The molecular formula is C9H14O. The molecule has 1 aliphatic rings. The summed E-state index contributed by atoms with van der Waals surface area (Å²) in [5.74, 6) is 0.940. The summed E-state index contributed by atoms with van der Waals surface area (Å²) in [6.07, 6.45) is 6.14. The molecule has 0 spiro atoms. The van der Waals surface area contributed by atoms with E-state index in [0.29, 0.717) is 11.7 Å². The SMILES string of the molecule is CC(C)C(=O)C1CC=CC1. The van der Waals surface area contributed by atoms with Crippen LogP contribution in [0.5, 0.6) is 0 Å². The molecule has 0 fully saturated rings. The number of allylic oxidation sites excluding steroid dienone is 2. The van der Waals surface area contributed by atoms with Gasteiger partial charge in [-0.3, -0.25) is 4.79 Å². The predicted molar refractivity (Wildman–Crippen MR) is 41.7 cm³/mol. The summed E-state index contributed by atoms with van der Waals surface area (Å²) in [5.41, 5.74) is 0. The van der Waals surface area contributed by atoms with E-state index in [0.717, 1.165) is 12.8 Å². The molecule has 0 unspecified atom stereocenters. The molecule has 0 N–H and O–H groups in total. The Bertz CT molecular complexity index is 148. The summed E-state index contributed by atoms with van der Waals surface area (Å²) in [6, 6.07) is 0. The molecule has 0 heterocycles. The molecule has 0 amide bonds. The van der Waals surface area contributed by atoms with Crippen molar-refractivity contribution in [2.45, 2.75) is 26.7 Å². The van der Waals surface area contributed by atoms with Gasteiger partial charge < -0.3 is 0 Å². The van der Waals surface area contributed by atoms with Gasteiger partial charge in [-0.25, -0.2) is 0 Å². The second-order valence-corrected chi connectivity index (χ2v) is 3.20. The van der Waals surface area contributed by atoms with Crippen LogP contribution in [-0.2, 0) is 4.79 Å². The van der Waals surface area contributed by atoms with Crippen LogP contribution >= 0.6 is 0 Å². The molecule has 0 atom stereocenters. The first-order valence-corrected chi connectivity index (χ1v) is 3.90. The van der Waals surface area contributed by atoms with E-state index in [1.54, 1.807) is 0 Å². The van der Waals surface area contributed by atoms with Crippen LogP contribution in [0, 0.1) is 11.8 Å². The third kappa shape index (κ3) is 1.47. The molecule has 0 bridgehead atoms. The average molecular weight is 138 g/mol.